The Labute approximate surface area is 245 Å². The molecule has 7 heteroatoms. The van der Waals surface area contributed by atoms with Crippen molar-refractivity contribution in [2.24, 2.45) is 0 Å². The molecule has 0 fully saturated rings. The van der Waals surface area contributed by atoms with Crippen LogP contribution in [0.3, 0.4) is 0 Å². The molecule has 0 atom stereocenters. The summed E-state index contributed by atoms with van der Waals surface area (Å²) in [6.07, 6.45) is 0. The van der Waals surface area contributed by atoms with E-state index >= 15 is 0 Å². The Morgan fingerprint density at radius 1 is 0.512 bits per heavy atom. The second-order valence-corrected chi connectivity index (χ2v) is 10.3. The summed E-state index contributed by atoms with van der Waals surface area (Å²) in [5, 5.41) is 4.34. The monoisotopic (exact) mass is 510 g/mol. The summed E-state index contributed by atoms with van der Waals surface area (Å²) in [7, 11) is 31.6. The highest BCUT2D eigenvalue weighted by molar-refractivity contribution is 6.68. The fourth-order valence-corrected chi connectivity index (χ4v) is 6.06. The van der Waals surface area contributed by atoms with E-state index in [0.29, 0.717) is 16.5 Å². The Morgan fingerprint density at radius 2 is 1.10 bits per heavy atom. The summed E-state index contributed by atoms with van der Waals surface area (Å²) in [5.74, 6) is 0.904. The van der Waals surface area contributed by atoms with Gasteiger partial charge in [0, 0.05) is 10.8 Å². The van der Waals surface area contributed by atoms with Crippen LogP contribution in [-0.4, -0.2) is 48.8 Å². The third-order valence-corrected chi connectivity index (χ3v) is 8.00. The van der Waals surface area contributed by atoms with Crippen molar-refractivity contribution in [3.05, 3.63) is 103 Å². The SMILES string of the molecule is [B]c1c([B])c([B])c(-c2ccc3c(-n4c(C)nc5ccccc54)c4ccccc4c(-c4ccccc4)c3c2)c([B])c1[B]. The molecule has 1 heterocycles. The fraction of sp³-hybridized carbons (Fsp3) is 0.0294. The van der Waals surface area contributed by atoms with Gasteiger partial charge in [-0.15, -0.1) is 16.4 Å². The molecule has 1 aromatic heterocycles. The molecule has 0 bridgehead atoms. The fourth-order valence-electron chi connectivity index (χ4n) is 6.06. The van der Waals surface area contributed by atoms with Crippen molar-refractivity contribution < 1.29 is 0 Å². The van der Waals surface area contributed by atoms with Crippen molar-refractivity contribution >= 4 is 99.1 Å². The van der Waals surface area contributed by atoms with E-state index < -0.39 is 0 Å². The molecule has 0 unspecified atom stereocenters. The average Bonchev–Trinajstić information content (AvgIpc) is 3.33. The average molecular weight is 510 g/mol. The minimum atomic E-state index is 0.199. The molecule has 0 aliphatic heterocycles. The van der Waals surface area contributed by atoms with Gasteiger partial charge < -0.3 is 0 Å². The van der Waals surface area contributed by atoms with Gasteiger partial charge in [0.2, 0.25) is 0 Å². The maximum atomic E-state index is 6.51. The Hall–Kier alpha value is -4.37. The van der Waals surface area contributed by atoms with Crippen LogP contribution in [0.4, 0.5) is 0 Å². The topological polar surface area (TPSA) is 17.8 Å². The van der Waals surface area contributed by atoms with E-state index in [1.165, 1.54) is 0 Å². The van der Waals surface area contributed by atoms with E-state index in [0.717, 1.165) is 60.8 Å². The Morgan fingerprint density at radius 3 is 1.83 bits per heavy atom. The van der Waals surface area contributed by atoms with Gasteiger partial charge in [0.1, 0.15) is 45.1 Å². The standard InChI is InChI=1S/C34H19B5N2/c1-18-40-25-13-7-8-14-26(25)41(18)34-22-12-6-5-11-21(22)27(19-9-3-2-4-10-19)24-17-20(15-16-23(24)34)28-29(35)31(37)33(39)32(38)30(28)36/h2-17H,1H3. The number of aromatic nitrogens is 2. The molecule has 10 radical (unpaired) electrons. The highest BCUT2D eigenvalue weighted by Gasteiger charge is 2.21. The minimum absolute atomic E-state index is 0.199. The number of hydrogen-bond acceptors (Lipinski definition) is 1. The summed E-state index contributed by atoms with van der Waals surface area (Å²) in [6, 6.07) is 33.4. The van der Waals surface area contributed by atoms with Crippen LogP contribution >= 0.6 is 0 Å². The molecule has 7 rings (SSSR count). The second kappa shape index (κ2) is 9.63. The van der Waals surface area contributed by atoms with Gasteiger partial charge in [-0.2, -0.15) is 0 Å². The van der Waals surface area contributed by atoms with Crippen LogP contribution in [-0.2, 0) is 0 Å². The summed E-state index contributed by atoms with van der Waals surface area (Å²) in [5.41, 5.74) is 7.92. The van der Waals surface area contributed by atoms with E-state index in [2.05, 4.69) is 71.3 Å². The molecule has 6 aromatic carbocycles. The van der Waals surface area contributed by atoms with Crippen LogP contribution in [0.25, 0.3) is 60.5 Å². The number of rotatable bonds is 3. The molecule has 0 aliphatic rings. The van der Waals surface area contributed by atoms with Crippen LogP contribution in [0.5, 0.6) is 0 Å². The van der Waals surface area contributed by atoms with Gasteiger partial charge in [-0.3, -0.25) is 4.57 Å². The van der Waals surface area contributed by atoms with Crippen molar-refractivity contribution in [1.82, 2.24) is 9.55 Å². The van der Waals surface area contributed by atoms with Gasteiger partial charge in [0.05, 0.1) is 16.7 Å². The second-order valence-electron chi connectivity index (χ2n) is 10.3. The van der Waals surface area contributed by atoms with Crippen LogP contribution in [0, 0.1) is 6.92 Å². The molecule has 0 N–H and O–H groups in total. The molecule has 0 spiro atoms. The predicted octanol–water partition coefficient (Wildman–Crippen LogP) is 2.94. The smallest absolute Gasteiger partial charge is 0.113 e. The van der Waals surface area contributed by atoms with Crippen molar-refractivity contribution in [2.45, 2.75) is 6.92 Å². The van der Waals surface area contributed by atoms with E-state index in [-0.39, 0.29) is 16.4 Å². The number of nitrogens with zero attached hydrogens (tertiary/aromatic N) is 2. The van der Waals surface area contributed by atoms with E-state index in [9.17, 15) is 0 Å². The van der Waals surface area contributed by atoms with Crippen molar-refractivity contribution in [3.8, 4) is 27.9 Å². The lowest BCUT2D eigenvalue weighted by atomic mass is 9.59. The molecule has 0 saturated heterocycles. The van der Waals surface area contributed by atoms with E-state index in [4.69, 9.17) is 44.2 Å². The van der Waals surface area contributed by atoms with Crippen molar-refractivity contribution in [1.29, 1.82) is 0 Å². The molecular formula is C34H19B5N2. The van der Waals surface area contributed by atoms with Crippen LogP contribution < -0.4 is 27.3 Å². The lowest BCUT2D eigenvalue weighted by molar-refractivity contribution is 1.02. The first-order valence-corrected chi connectivity index (χ1v) is 13.4. The number of imidazole rings is 1. The molecule has 2 nitrogen and oxygen atoms in total. The van der Waals surface area contributed by atoms with Crippen LogP contribution in [0.1, 0.15) is 5.82 Å². The van der Waals surface area contributed by atoms with Gasteiger partial charge in [-0.05, 0) is 58.1 Å². The third kappa shape index (κ3) is 3.83. The van der Waals surface area contributed by atoms with Gasteiger partial charge >= 0.3 is 0 Å². The maximum absolute atomic E-state index is 6.51. The zero-order chi connectivity index (χ0) is 28.4. The van der Waals surface area contributed by atoms with Gasteiger partial charge in [0.25, 0.3) is 0 Å². The zero-order valence-electron chi connectivity index (χ0n) is 22.5. The Bertz CT molecular complexity index is 2140. The number of aryl methyl sites for hydroxylation is 1. The van der Waals surface area contributed by atoms with Gasteiger partial charge in [0.15, 0.2) is 0 Å². The highest BCUT2D eigenvalue weighted by Crippen LogP contribution is 2.43. The third-order valence-electron chi connectivity index (χ3n) is 8.00. The largest absolute Gasteiger partial charge is 0.295 e. The highest BCUT2D eigenvalue weighted by atomic mass is 15.1. The predicted molar refractivity (Wildman–Crippen MR) is 179 cm³/mol. The zero-order valence-corrected chi connectivity index (χ0v) is 22.5. The first-order chi connectivity index (χ1) is 19.9. The molecular weight excluding hydrogens is 490 g/mol. The first kappa shape index (κ1) is 25.6. The molecule has 0 amide bonds. The van der Waals surface area contributed by atoms with Crippen LogP contribution in [0.2, 0.25) is 0 Å². The molecule has 41 heavy (non-hydrogen) atoms. The molecule has 7 aromatic rings. The molecule has 180 valence electrons. The number of hydrogen-bond donors (Lipinski definition) is 0. The normalized spacial score (nSPS) is 11.5. The Kier molecular flexibility index (Phi) is 6.01. The number of benzene rings is 6. The first-order valence-electron chi connectivity index (χ1n) is 13.4. The number of fused-ring (bicyclic) bond motifs is 3. The summed E-state index contributed by atoms with van der Waals surface area (Å²) >= 11 is 0. The van der Waals surface area contributed by atoms with Gasteiger partial charge in [-0.1, -0.05) is 89.8 Å². The van der Waals surface area contributed by atoms with Crippen molar-refractivity contribution in [2.75, 3.05) is 0 Å². The lowest BCUT2D eigenvalue weighted by Crippen LogP contribution is -2.55. The summed E-state index contributed by atoms with van der Waals surface area (Å²) < 4.78 is 2.25. The lowest BCUT2D eigenvalue weighted by Gasteiger charge is -2.23. The summed E-state index contributed by atoms with van der Waals surface area (Å²) in [6.45, 7) is 2.04. The van der Waals surface area contributed by atoms with Crippen LogP contribution in [0.15, 0.2) is 97.1 Å². The molecule has 0 saturated carbocycles. The van der Waals surface area contributed by atoms with Crippen molar-refractivity contribution in [3.63, 3.8) is 0 Å². The minimum Gasteiger partial charge on any atom is -0.295 e. The van der Waals surface area contributed by atoms with E-state index in [1.54, 1.807) is 0 Å². The Balaban J connectivity index is 1.68. The number of para-hydroxylation sites is 2. The molecule has 0 aliphatic carbocycles. The summed E-state index contributed by atoms with van der Waals surface area (Å²) in [4.78, 5) is 4.89. The van der Waals surface area contributed by atoms with Gasteiger partial charge in [-0.25, -0.2) is 4.98 Å². The van der Waals surface area contributed by atoms with E-state index in [1.807, 2.05) is 37.3 Å². The maximum Gasteiger partial charge on any atom is 0.113 e. The quantitative estimate of drug-likeness (QED) is 0.265.